The van der Waals surface area contributed by atoms with Crippen LogP contribution in [0.4, 0.5) is 0 Å². The highest BCUT2D eigenvalue weighted by molar-refractivity contribution is 5.89. The number of rotatable bonds is 8. The van der Waals surface area contributed by atoms with Crippen LogP contribution in [-0.4, -0.2) is 24.3 Å². The van der Waals surface area contributed by atoms with Gasteiger partial charge >= 0.3 is 5.97 Å². The molecule has 0 heterocycles. The van der Waals surface area contributed by atoms with Crippen LogP contribution in [0.3, 0.4) is 0 Å². The molecule has 0 spiro atoms. The molecule has 0 saturated heterocycles. The van der Waals surface area contributed by atoms with Crippen molar-refractivity contribution in [2.45, 2.75) is 39.5 Å². The van der Waals surface area contributed by atoms with E-state index in [0.29, 0.717) is 24.3 Å². The average Bonchev–Trinajstić information content (AvgIpc) is 2.41. The first-order chi connectivity index (χ1) is 9.91. The summed E-state index contributed by atoms with van der Waals surface area (Å²) in [6, 6.07) is 5.54. The molecule has 1 aromatic carbocycles. The largest absolute Gasteiger partial charge is 0.462 e. The lowest BCUT2D eigenvalue weighted by Gasteiger charge is -2.11. The van der Waals surface area contributed by atoms with Gasteiger partial charge in [0.25, 0.3) is 5.09 Å². The topological polar surface area (TPSA) is 78.7 Å². The van der Waals surface area contributed by atoms with E-state index in [2.05, 4.69) is 18.7 Å². The maximum absolute atomic E-state index is 11.9. The molecule has 6 heteroatoms. The Balaban J connectivity index is 2.39. The molecule has 1 aromatic rings. The van der Waals surface area contributed by atoms with E-state index in [1.54, 1.807) is 6.07 Å². The summed E-state index contributed by atoms with van der Waals surface area (Å²) < 4.78 is 5.13. The Hall–Kier alpha value is -2.11. The lowest BCUT2D eigenvalue weighted by molar-refractivity contribution is -0.757. The van der Waals surface area contributed by atoms with Gasteiger partial charge in [-0.15, -0.1) is 10.1 Å². The number of unbranched alkanes of at least 4 members (excludes halogenated alkanes) is 1. The molecule has 0 unspecified atom stereocenters. The van der Waals surface area contributed by atoms with E-state index in [0.717, 1.165) is 5.56 Å². The highest BCUT2D eigenvalue weighted by Gasteiger charge is 2.10. The van der Waals surface area contributed by atoms with Crippen LogP contribution in [0.1, 0.15) is 54.1 Å². The summed E-state index contributed by atoms with van der Waals surface area (Å²) >= 11 is 0. The van der Waals surface area contributed by atoms with E-state index < -0.39 is 5.09 Å². The van der Waals surface area contributed by atoms with Crippen LogP contribution in [-0.2, 0) is 9.57 Å². The van der Waals surface area contributed by atoms with Gasteiger partial charge in [-0.2, -0.15) is 0 Å². The quantitative estimate of drug-likeness (QED) is 0.318. The first kappa shape index (κ1) is 16.9. The minimum absolute atomic E-state index is 0.0206. The lowest BCUT2D eigenvalue weighted by Crippen LogP contribution is -2.09. The van der Waals surface area contributed by atoms with Gasteiger partial charge in [0.15, 0.2) is 0 Å². The predicted octanol–water partition coefficient (Wildman–Crippen LogP) is 3.26. The molecular formula is C15H21NO5. The van der Waals surface area contributed by atoms with Gasteiger partial charge in [-0.25, -0.2) is 4.79 Å². The number of hydrogen-bond acceptors (Lipinski definition) is 5. The van der Waals surface area contributed by atoms with E-state index in [4.69, 9.17) is 4.74 Å². The number of hydrogen-bond donors (Lipinski definition) is 0. The molecule has 0 aliphatic rings. The van der Waals surface area contributed by atoms with Crippen LogP contribution in [0.15, 0.2) is 18.2 Å². The second-order valence-corrected chi connectivity index (χ2v) is 5.13. The van der Waals surface area contributed by atoms with Crippen molar-refractivity contribution in [3.8, 4) is 0 Å². The first-order valence-electron chi connectivity index (χ1n) is 6.96. The summed E-state index contributed by atoms with van der Waals surface area (Å²) in [4.78, 5) is 26.0. The minimum atomic E-state index is -0.828. The van der Waals surface area contributed by atoms with Crippen molar-refractivity contribution in [1.29, 1.82) is 0 Å². The molecule has 6 nitrogen and oxygen atoms in total. The van der Waals surface area contributed by atoms with E-state index in [9.17, 15) is 14.9 Å². The number of carbonyl (C=O) groups is 1. The van der Waals surface area contributed by atoms with Gasteiger partial charge < -0.3 is 9.57 Å². The van der Waals surface area contributed by atoms with Crippen molar-refractivity contribution in [2.24, 2.45) is 0 Å². The molecule has 116 valence electrons. The molecule has 0 atom stereocenters. The summed E-state index contributed by atoms with van der Waals surface area (Å²) in [5, 5.41) is 9.10. The monoisotopic (exact) mass is 295 g/mol. The van der Waals surface area contributed by atoms with Gasteiger partial charge in [-0.05, 0) is 48.9 Å². The zero-order valence-corrected chi connectivity index (χ0v) is 12.6. The Bertz CT molecular complexity index is 499. The molecule has 0 radical (unpaired) electrons. The standard InChI is InChI=1S/C15H21NO5/c1-11(2)14-7-6-13(10-12(14)3)15(17)20-8-4-5-9-21-16(18)19/h6-7,10-11H,4-5,8-9H2,1-3H3. The predicted molar refractivity (Wildman–Crippen MR) is 77.7 cm³/mol. The summed E-state index contributed by atoms with van der Waals surface area (Å²) in [7, 11) is 0. The minimum Gasteiger partial charge on any atom is -0.462 e. The molecule has 0 bridgehead atoms. The van der Waals surface area contributed by atoms with Crippen molar-refractivity contribution in [1.82, 2.24) is 0 Å². The van der Waals surface area contributed by atoms with Crippen molar-refractivity contribution >= 4 is 5.97 Å². The molecular weight excluding hydrogens is 274 g/mol. The second-order valence-electron chi connectivity index (χ2n) is 5.13. The number of ether oxygens (including phenoxy) is 1. The van der Waals surface area contributed by atoms with Crippen LogP contribution in [0.5, 0.6) is 0 Å². The third kappa shape index (κ3) is 5.81. The number of carbonyl (C=O) groups excluding carboxylic acids is 1. The van der Waals surface area contributed by atoms with Crippen LogP contribution < -0.4 is 0 Å². The summed E-state index contributed by atoms with van der Waals surface area (Å²) in [6.45, 7) is 6.43. The molecule has 0 saturated carbocycles. The second kappa shape index (κ2) is 8.24. The maximum atomic E-state index is 11.9. The van der Waals surface area contributed by atoms with E-state index in [1.165, 1.54) is 5.56 Å². The molecule has 0 N–H and O–H groups in total. The van der Waals surface area contributed by atoms with Crippen molar-refractivity contribution in [3.63, 3.8) is 0 Å². The summed E-state index contributed by atoms with van der Waals surface area (Å²) in [5.74, 6) is 0.0419. The SMILES string of the molecule is Cc1cc(C(=O)OCCCCO[N+](=O)[O-])ccc1C(C)C. The van der Waals surface area contributed by atoms with Gasteiger partial charge in [0.2, 0.25) is 0 Å². The van der Waals surface area contributed by atoms with Crippen LogP contribution >= 0.6 is 0 Å². The van der Waals surface area contributed by atoms with E-state index >= 15 is 0 Å². The number of esters is 1. The van der Waals surface area contributed by atoms with Gasteiger partial charge in [0.1, 0.15) is 0 Å². The fourth-order valence-corrected chi connectivity index (χ4v) is 2.04. The molecule has 0 aliphatic heterocycles. The van der Waals surface area contributed by atoms with Crippen LogP contribution in [0.2, 0.25) is 0 Å². The fraction of sp³-hybridized carbons (Fsp3) is 0.533. The number of aryl methyl sites for hydroxylation is 1. The van der Waals surface area contributed by atoms with Gasteiger partial charge in [0, 0.05) is 0 Å². The van der Waals surface area contributed by atoms with E-state index in [-0.39, 0.29) is 19.2 Å². The first-order valence-corrected chi connectivity index (χ1v) is 6.96. The zero-order valence-electron chi connectivity index (χ0n) is 12.6. The van der Waals surface area contributed by atoms with Crippen LogP contribution in [0.25, 0.3) is 0 Å². The molecule has 0 aromatic heterocycles. The lowest BCUT2D eigenvalue weighted by atomic mass is 9.96. The third-order valence-corrected chi connectivity index (χ3v) is 3.10. The summed E-state index contributed by atoms with van der Waals surface area (Å²) in [5.41, 5.74) is 2.81. The molecule has 0 fully saturated rings. The normalized spacial score (nSPS) is 10.5. The Morgan fingerprint density at radius 2 is 1.95 bits per heavy atom. The van der Waals surface area contributed by atoms with Crippen molar-refractivity contribution < 1.29 is 19.5 Å². The summed E-state index contributed by atoms with van der Waals surface area (Å²) in [6.07, 6.45) is 1.00. The average molecular weight is 295 g/mol. The highest BCUT2D eigenvalue weighted by atomic mass is 16.9. The van der Waals surface area contributed by atoms with Crippen molar-refractivity contribution in [3.05, 3.63) is 45.0 Å². The Morgan fingerprint density at radius 1 is 1.29 bits per heavy atom. The number of benzene rings is 1. The fourth-order valence-electron chi connectivity index (χ4n) is 2.04. The third-order valence-electron chi connectivity index (χ3n) is 3.10. The number of nitrogens with zero attached hydrogens (tertiary/aromatic N) is 1. The van der Waals surface area contributed by atoms with Gasteiger partial charge in [-0.3, -0.25) is 0 Å². The molecule has 1 rings (SSSR count). The van der Waals surface area contributed by atoms with Crippen molar-refractivity contribution in [2.75, 3.05) is 13.2 Å². The molecule has 0 aliphatic carbocycles. The van der Waals surface area contributed by atoms with Gasteiger partial charge in [0.05, 0.1) is 18.8 Å². The van der Waals surface area contributed by atoms with Crippen LogP contribution in [0, 0.1) is 17.0 Å². The van der Waals surface area contributed by atoms with Gasteiger partial charge in [-0.1, -0.05) is 19.9 Å². The smallest absolute Gasteiger partial charge is 0.338 e. The molecule has 0 amide bonds. The molecule has 21 heavy (non-hydrogen) atoms. The Labute approximate surface area is 124 Å². The Kier molecular flexibility index (Phi) is 6.65. The Morgan fingerprint density at radius 3 is 2.52 bits per heavy atom. The van der Waals surface area contributed by atoms with E-state index in [1.807, 2.05) is 19.1 Å². The highest BCUT2D eigenvalue weighted by Crippen LogP contribution is 2.20. The maximum Gasteiger partial charge on any atom is 0.338 e. The zero-order chi connectivity index (χ0) is 15.8.